The zero-order chi connectivity index (χ0) is 27.8. The molecular formula is C30H40N2O7. The molecule has 4 rings (SSSR count). The van der Waals surface area contributed by atoms with Crippen LogP contribution in [-0.4, -0.2) is 65.9 Å². The summed E-state index contributed by atoms with van der Waals surface area (Å²) in [7, 11) is 1.75. The molecule has 0 unspecified atom stereocenters. The number of aliphatic hydroxyl groups excluding tert-OH is 1. The number of methoxy groups -OCH3 is 1. The van der Waals surface area contributed by atoms with Crippen molar-refractivity contribution in [3.63, 3.8) is 0 Å². The lowest BCUT2D eigenvalue weighted by atomic mass is 9.90. The van der Waals surface area contributed by atoms with Crippen LogP contribution in [0.1, 0.15) is 67.3 Å². The normalized spacial score (nSPS) is 25.5. The fourth-order valence-electron chi connectivity index (χ4n) is 5.38. The van der Waals surface area contributed by atoms with E-state index < -0.39 is 12.3 Å². The summed E-state index contributed by atoms with van der Waals surface area (Å²) in [4.78, 5) is 25.0. The van der Waals surface area contributed by atoms with Gasteiger partial charge in [-0.2, -0.15) is 0 Å². The number of aliphatic hydroxyl groups is 1. The highest BCUT2D eigenvalue weighted by atomic mass is 16.7. The van der Waals surface area contributed by atoms with Gasteiger partial charge in [-0.25, -0.2) is 0 Å². The second kappa shape index (κ2) is 14.0. The number of likely N-dealkylation sites (tertiary alicyclic amines) is 1. The molecule has 2 heterocycles. The number of rotatable bonds is 12. The van der Waals surface area contributed by atoms with Gasteiger partial charge in [0.1, 0.15) is 0 Å². The van der Waals surface area contributed by atoms with E-state index in [0.29, 0.717) is 19.2 Å². The molecule has 0 spiro atoms. The van der Waals surface area contributed by atoms with Gasteiger partial charge in [0.2, 0.25) is 5.91 Å². The first-order valence-corrected chi connectivity index (χ1v) is 13.7. The molecule has 3 N–H and O–H groups in total. The van der Waals surface area contributed by atoms with Crippen LogP contribution >= 0.6 is 0 Å². The average molecular weight is 541 g/mol. The Bertz CT molecular complexity index is 1080. The summed E-state index contributed by atoms with van der Waals surface area (Å²) in [5.74, 6) is -1.18. The van der Waals surface area contributed by atoms with Crippen LogP contribution in [0.4, 0.5) is 0 Å². The molecule has 9 nitrogen and oxygen atoms in total. The van der Waals surface area contributed by atoms with Gasteiger partial charge < -0.3 is 29.7 Å². The van der Waals surface area contributed by atoms with E-state index in [9.17, 15) is 14.7 Å². The number of nitrogens with zero attached hydrogens (tertiary/aromatic N) is 1. The lowest BCUT2D eigenvalue weighted by molar-refractivity contribution is -0.276. The molecule has 212 valence electrons. The molecule has 2 fully saturated rings. The number of aliphatic carboxylic acids is 1. The summed E-state index contributed by atoms with van der Waals surface area (Å²) in [5.41, 5.74) is 3.70. The monoisotopic (exact) mass is 540 g/mol. The highest BCUT2D eigenvalue weighted by Crippen LogP contribution is 2.42. The number of carboxylic acids is 1. The predicted octanol–water partition coefficient (Wildman–Crippen LogP) is 3.56. The predicted molar refractivity (Wildman–Crippen MR) is 145 cm³/mol. The number of nitrogens with one attached hydrogen (secondary N) is 1. The van der Waals surface area contributed by atoms with Gasteiger partial charge in [0.05, 0.1) is 31.8 Å². The van der Waals surface area contributed by atoms with Crippen LogP contribution in [0, 0.1) is 5.92 Å². The van der Waals surface area contributed by atoms with E-state index in [1.165, 1.54) is 0 Å². The van der Waals surface area contributed by atoms with Gasteiger partial charge in [-0.05, 0) is 36.1 Å². The quantitative estimate of drug-likeness (QED) is 0.374. The number of hydrogen-bond donors (Lipinski definition) is 3. The fourth-order valence-corrected chi connectivity index (χ4v) is 5.38. The minimum atomic E-state index is -0.990. The molecule has 0 aliphatic carbocycles. The van der Waals surface area contributed by atoms with Gasteiger partial charge in [-0.15, -0.1) is 0 Å². The fraction of sp³-hybridized carbons (Fsp3) is 0.533. The van der Waals surface area contributed by atoms with E-state index in [0.717, 1.165) is 48.2 Å². The Balaban J connectivity index is 1.48. The van der Waals surface area contributed by atoms with E-state index in [-0.39, 0.29) is 43.5 Å². The van der Waals surface area contributed by atoms with E-state index in [1.807, 2.05) is 48.5 Å². The minimum absolute atomic E-state index is 0.00206. The van der Waals surface area contributed by atoms with Crippen molar-refractivity contribution in [2.24, 2.45) is 5.92 Å². The summed E-state index contributed by atoms with van der Waals surface area (Å²) in [5, 5.41) is 21.0. The van der Waals surface area contributed by atoms with Gasteiger partial charge in [0, 0.05) is 44.1 Å². The summed E-state index contributed by atoms with van der Waals surface area (Å²) in [6.45, 7) is 5.01. The largest absolute Gasteiger partial charge is 0.481 e. The summed E-state index contributed by atoms with van der Waals surface area (Å²) >= 11 is 0. The maximum atomic E-state index is 11.9. The molecular weight excluding hydrogens is 500 g/mol. The highest BCUT2D eigenvalue weighted by molar-refractivity contribution is 5.80. The molecule has 39 heavy (non-hydrogen) atoms. The van der Waals surface area contributed by atoms with E-state index in [1.54, 1.807) is 7.11 Å². The second-order valence-electron chi connectivity index (χ2n) is 10.5. The van der Waals surface area contributed by atoms with Crippen LogP contribution in [0.3, 0.4) is 0 Å². The zero-order valence-electron chi connectivity index (χ0n) is 22.8. The molecule has 5 atom stereocenters. The lowest BCUT2D eigenvalue weighted by Crippen LogP contribution is -2.46. The van der Waals surface area contributed by atoms with Crippen LogP contribution in [0.25, 0.3) is 0 Å². The lowest BCUT2D eigenvalue weighted by Gasteiger charge is -2.43. The maximum Gasteiger partial charge on any atom is 0.303 e. The molecule has 2 aromatic carbocycles. The Hall–Kier alpha value is -2.82. The molecule has 0 radical (unpaired) electrons. The Morgan fingerprint density at radius 1 is 1.03 bits per heavy atom. The van der Waals surface area contributed by atoms with Crippen molar-refractivity contribution in [1.82, 2.24) is 10.2 Å². The number of hydrogen-bond acceptors (Lipinski definition) is 7. The zero-order valence-corrected chi connectivity index (χ0v) is 22.8. The van der Waals surface area contributed by atoms with Crippen LogP contribution in [0.15, 0.2) is 48.5 Å². The molecule has 9 heteroatoms. The average Bonchev–Trinajstić information content (AvgIpc) is 3.39. The second-order valence-corrected chi connectivity index (χ2v) is 10.5. The van der Waals surface area contributed by atoms with Crippen LogP contribution in [0.5, 0.6) is 0 Å². The Kier molecular flexibility index (Phi) is 10.5. The molecule has 2 aliphatic rings. The first-order chi connectivity index (χ1) is 18.9. The number of carbonyl (C=O) groups excluding carboxylic acids is 1. The number of carboxylic acid groups (broad SMARTS) is 1. The molecule has 2 saturated heterocycles. The number of ether oxygens (including phenoxy) is 3. The topological polar surface area (TPSA) is 118 Å². The van der Waals surface area contributed by atoms with Gasteiger partial charge >= 0.3 is 5.97 Å². The molecule has 0 bridgehead atoms. The van der Waals surface area contributed by atoms with Crippen molar-refractivity contribution >= 4 is 11.9 Å². The third-order valence-corrected chi connectivity index (χ3v) is 7.70. The molecule has 0 aromatic heterocycles. The van der Waals surface area contributed by atoms with Crippen molar-refractivity contribution in [1.29, 1.82) is 0 Å². The molecule has 1 amide bonds. The Labute approximate surface area is 230 Å². The number of amides is 1. The van der Waals surface area contributed by atoms with Gasteiger partial charge in [0.15, 0.2) is 6.29 Å². The van der Waals surface area contributed by atoms with Crippen molar-refractivity contribution in [3.05, 3.63) is 70.8 Å². The highest BCUT2D eigenvalue weighted by Gasteiger charge is 2.40. The van der Waals surface area contributed by atoms with Crippen molar-refractivity contribution < 1.29 is 34.0 Å². The van der Waals surface area contributed by atoms with Crippen molar-refractivity contribution in [2.45, 2.75) is 70.3 Å². The van der Waals surface area contributed by atoms with Gasteiger partial charge in [-0.3, -0.25) is 14.5 Å². The van der Waals surface area contributed by atoms with Gasteiger partial charge in [-0.1, -0.05) is 55.5 Å². The summed E-state index contributed by atoms with van der Waals surface area (Å²) < 4.78 is 18.6. The third-order valence-electron chi connectivity index (χ3n) is 7.70. The van der Waals surface area contributed by atoms with E-state index in [4.69, 9.17) is 19.3 Å². The van der Waals surface area contributed by atoms with Crippen molar-refractivity contribution in [2.75, 3.05) is 26.8 Å². The van der Waals surface area contributed by atoms with Crippen LogP contribution < -0.4 is 5.32 Å². The number of benzene rings is 2. The standard InChI is InChI=1S/C30H40N2O7/c1-20-26(17-32-15-3-4-25(32)19-37-2)38-30(39-29(20)23-9-7-22(18-33)8-10-23)24-11-5-21(6-12-24)16-31-27(34)13-14-28(35)36/h5-12,20,25-26,29-30,33H,3-4,13-19H2,1-2H3,(H,31,34)(H,35,36)/t20-,25+,26+,29+,30+/m1/s1. The Morgan fingerprint density at radius 2 is 1.72 bits per heavy atom. The van der Waals surface area contributed by atoms with Crippen LogP contribution in [-0.2, 0) is 37.0 Å². The van der Waals surface area contributed by atoms with Gasteiger partial charge in [0.25, 0.3) is 0 Å². The van der Waals surface area contributed by atoms with Crippen LogP contribution in [0.2, 0.25) is 0 Å². The summed E-state index contributed by atoms with van der Waals surface area (Å²) in [6.07, 6.45) is 1.24. The van der Waals surface area contributed by atoms with E-state index in [2.05, 4.69) is 17.1 Å². The minimum Gasteiger partial charge on any atom is -0.481 e. The molecule has 0 saturated carbocycles. The number of carbonyl (C=O) groups is 2. The van der Waals surface area contributed by atoms with Crippen molar-refractivity contribution in [3.8, 4) is 0 Å². The SMILES string of the molecule is COC[C@@H]1CCCN1C[C@@H]1O[C@H](c2ccc(CNC(=O)CCC(=O)O)cc2)O[C@H](c2ccc(CO)cc2)[C@@H]1C. The first kappa shape index (κ1) is 29.2. The smallest absolute Gasteiger partial charge is 0.303 e. The first-order valence-electron chi connectivity index (χ1n) is 13.7. The van der Waals surface area contributed by atoms with E-state index >= 15 is 0 Å². The third kappa shape index (κ3) is 7.86. The Morgan fingerprint density at radius 3 is 2.38 bits per heavy atom. The molecule has 2 aliphatic heterocycles. The maximum absolute atomic E-state index is 11.9. The summed E-state index contributed by atoms with van der Waals surface area (Å²) in [6, 6.07) is 16.0. The molecule has 2 aromatic rings.